The average molecular weight is 611 g/mol. The fraction of sp³-hybridized carbons (Fsp3) is 0.286. The van der Waals surface area contributed by atoms with Gasteiger partial charge in [-0.3, -0.25) is 13.9 Å². The second-order valence-electron chi connectivity index (χ2n) is 8.99. The summed E-state index contributed by atoms with van der Waals surface area (Å²) in [5.74, 6) is -0.986. The number of nitrogens with one attached hydrogen (secondary N) is 1. The molecule has 0 aromatic heterocycles. The van der Waals surface area contributed by atoms with Gasteiger partial charge in [-0.05, 0) is 74.4 Å². The first kappa shape index (κ1) is 30.8. The molecule has 0 unspecified atom stereocenters. The Morgan fingerprint density at radius 1 is 0.949 bits per heavy atom. The highest BCUT2D eigenvalue weighted by Crippen LogP contribution is 2.29. The minimum atomic E-state index is -4.19. The van der Waals surface area contributed by atoms with Crippen molar-refractivity contribution < 1.29 is 18.0 Å². The molecule has 0 radical (unpaired) electrons. The molecule has 3 rings (SSSR count). The van der Waals surface area contributed by atoms with E-state index in [2.05, 4.69) is 5.32 Å². The molecule has 1 N–H and O–H groups in total. The number of rotatable bonds is 11. The number of carbonyl (C=O) groups excluding carboxylic acids is 2. The molecular weight excluding hydrogens is 581 g/mol. The molecule has 11 heteroatoms. The van der Waals surface area contributed by atoms with Gasteiger partial charge >= 0.3 is 0 Å². The number of benzene rings is 3. The van der Waals surface area contributed by atoms with E-state index in [-0.39, 0.29) is 17.3 Å². The van der Waals surface area contributed by atoms with Gasteiger partial charge in [0.2, 0.25) is 11.8 Å². The molecule has 208 valence electrons. The second-order valence-corrected chi connectivity index (χ2v) is 12.1. The first-order valence-electron chi connectivity index (χ1n) is 12.3. The van der Waals surface area contributed by atoms with Gasteiger partial charge in [0.1, 0.15) is 12.6 Å². The van der Waals surface area contributed by atoms with E-state index in [0.717, 1.165) is 9.87 Å². The summed E-state index contributed by atoms with van der Waals surface area (Å²) in [4.78, 5) is 28.1. The highest BCUT2D eigenvalue weighted by Gasteiger charge is 2.33. The highest BCUT2D eigenvalue weighted by molar-refractivity contribution is 7.92. The lowest BCUT2D eigenvalue weighted by atomic mass is 10.1. The molecule has 0 saturated heterocycles. The van der Waals surface area contributed by atoms with Crippen LogP contribution in [0.5, 0.6) is 0 Å². The first-order chi connectivity index (χ1) is 18.4. The lowest BCUT2D eigenvalue weighted by molar-refractivity contribution is -0.139. The van der Waals surface area contributed by atoms with Gasteiger partial charge in [0, 0.05) is 33.7 Å². The fourth-order valence-electron chi connectivity index (χ4n) is 3.88. The normalized spacial score (nSPS) is 12.1. The van der Waals surface area contributed by atoms with Crippen LogP contribution in [0.1, 0.15) is 31.4 Å². The molecular formula is C28H30Cl3N3O4S. The molecule has 7 nitrogen and oxygen atoms in total. The van der Waals surface area contributed by atoms with E-state index in [4.69, 9.17) is 34.8 Å². The molecule has 0 aliphatic carbocycles. The van der Waals surface area contributed by atoms with E-state index in [1.165, 1.54) is 29.2 Å². The van der Waals surface area contributed by atoms with Crippen molar-refractivity contribution >= 4 is 62.3 Å². The van der Waals surface area contributed by atoms with Gasteiger partial charge in [0.05, 0.1) is 10.6 Å². The van der Waals surface area contributed by atoms with Crippen LogP contribution < -0.4 is 9.62 Å². The second kappa shape index (κ2) is 13.5. The van der Waals surface area contributed by atoms with Crippen LogP contribution in [0.4, 0.5) is 5.69 Å². The van der Waals surface area contributed by atoms with E-state index in [1.807, 2.05) is 19.9 Å². The number of anilines is 1. The molecule has 0 saturated carbocycles. The van der Waals surface area contributed by atoms with E-state index in [0.29, 0.717) is 39.3 Å². The van der Waals surface area contributed by atoms with Crippen molar-refractivity contribution in [2.75, 3.05) is 17.4 Å². The molecule has 0 heterocycles. The van der Waals surface area contributed by atoms with Gasteiger partial charge in [0.25, 0.3) is 10.0 Å². The van der Waals surface area contributed by atoms with Crippen molar-refractivity contribution in [3.05, 3.63) is 92.9 Å². The summed E-state index contributed by atoms with van der Waals surface area (Å²) in [6.45, 7) is 5.09. The molecule has 3 aromatic carbocycles. The van der Waals surface area contributed by atoms with Gasteiger partial charge < -0.3 is 10.2 Å². The standard InChI is InChI=1S/C28H30Cl3N3O4S/c1-4-15-32-28(36)20(3)33(17-24-25(30)9-6-10-26(24)31)27(35)18-34(22-8-5-7-19(2)16-22)39(37,38)23-13-11-21(29)12-14-23/h5-14,16,20H,4,15,17-18H2,1-3H3,(H,32,36)/t20-/m1/s1. The van der Waals surface area contributed by atoms with Crippen LogP contribution in [0.2, 0.25) is 15.1 Å². The highest BCUT2D eigenvalue weighted by atomic mass is 35.5. The fourth-order valence-corrected chi connectivity index (χ4v) is 5.93. The van der Waals surface area contributed by atoms with Crippen molar-refractivity contribution in [1.29, 1.82) is 0 Å². The minimum absolute atomic E-state index is 0.0318. The van der Waals surface area contributed by atoms with Crippen molar-refractivity contribution in [2.24, 2.45) is 0 Å². The van der Waals surface area contributed by atoms with Crippen LogP contribution in [-0.2, 0) is 26.2 Å². The minimum Gasteiger partial charge on any atom is -0.354 e. The van der Waals surface area contributed by atoms with E-state index >= 15 is 0 Å². The summed E-state index contributed by atoms with van der Waals surface area (Å²) in [6, 6.07) is 16.5. The first-order valence-corrected chi connectivity index (χ1v) is 14.9. The lowest BCUT2D eigenvalue weighted by Crippen LogP contribution is -2.51. The van der Waals surface area contributed by atoms with Gasteiger partial charge in [0.15, 0.2) is 0 Å². The Kier molecular flexibility index (Phi) is 10.7. The zero-order valence-corrected chi connectivity index (χ0v) is 24.9. The Hall–Kier alpha value is -2.78. The maximum Gasteiger partial charge on any atom is 0.264 e. The van der Waals surface area contributed by atoms with Crippen molar-refractivity contribution in [1.82, 2.24) is 10.2 Å². The number of sulfonamides is 1. The SMILES string of the molecule is CCCNC(=O)[C@@H](C)N(Cc1c(Cl)cccc1Cl)C(=O)CN(c1cccc(C)c1)S(=O)(=O)c1ccc(Cl)cc1. The molecule has 39 heavy (non-hydrogen) atoms. The maximum absolute atomic E-state index is 13.9. The number of aryl methyl sites for hydroxylation is 1. The number of hydrogen-bond acceptors (Lipinski definition) is 4. The maximum atomic E-state index is 13.9. The van der Waals surface area contributed by atoms with Crippen molar-refractivity contribution in [3.8, 4) is 0 Å². The molecule has 0 bridgehead atoms. The molecule has 0 fully saturated rings. The summed E-state index contributed by atoms with van der Waals surface area (Å²) < 4.78 is 28.7. The molecule has 0 aliphatic rings. The average Bonchev–Trinajstić information content (AvgIpc) is 2.89. The molecule has 3 aromatic rings. The third kappa shape index (κ3) is 7.66. The van der Waals surface area contributed by atoms with Gasteiger partial charge in [-0.1, -0.05) is 59.9 Å². The third-order valence-corrected chi connectivity index (χ3v) is 8.83. The zero-order chi connectivity index (χ0) is 28.7. The summed E-state index contributed by atoms with van der Waals surface area (Å²) in [7, 11) is -4.19. The quantitative estimate of drug-likeness (QED) is 0.285. The van der Waals surface area contributed by atoms with Gasteiger partial charge in [-0.2, -0.15) is 0 Å². The molecule has 2 amide bonds. The van der Waals surface area contributed by atoms with Crippen LogP contribution in [0.15, 0.2) is 71.6 Å². The lowest BCUT2D eigenvalue weighted by Gasteiger charge is -2.32. The number of carbonyl (C=O) groups is 2. The number of hydrogen-bond donors (Lipinski definition) is 1. The van der Waals surface area contributed by atoms with Crippen LogP contribution in [0, 0.1) is 6.92 Å². The van der Waals surface area contributed by atoms with Gasteiger partial charge in [-0.25, -0.2) is 8.42 Å². The topological polar surface area (TPSA) is 86.8 Å². The number of halogens is 3. The van der Waals surface area contributed by atoms with Crippen molar-refractivity contribution in [3.63, 3.8) is 0 Å². The van der Waals surface area contributed by atoms with E-state index in [1.54, 1.807) is 43.3 Å². The third-order valence-electron chi connectivity index (χ3n) is 6.08. The Morgan fingerprint density at radius 2 is 1.56 bits per heavy atom. The van der Waals surface area contributed by atoms with Crippen molar-refractivity contribution in [2.45, 2.75) is 44.7 Å². The van der Waals surface area contributed by atoms with Gasteiger partial charge in [-0.15, -0.1) is 0 Å². The zero-order valence-electron chi connectivity index (χ0n) is 21.8. The summed E-state index contributed by atoms with van der Waals surface area (Å²) in [5, 5.41) is 3.82. The summed E-state index contributed by atoms with van der Waals surface area (Å²) in [6.07, 6.45) is 0.712. The van der Waals surface area contributed by atoms with E-state index in [9.17, 15) is 18.0 Å². The Bertz CT molecular complexity index is 1410. The predicted octanol–water partition coefficient (Wildman–Crippen LogP) is 6.09. The summed E-state index contributed by atoms with van der Waals surface area (Å²) >= 11 is 18.8. The Morgan fingerprint density at radius 3 is 2.15 bits per heavy atom. The Labute approximate surface area is 244 Å². The number of amides is 2. The molecule has 0 aliphatic heterocycles. The van der Waals surface area contributed by atoms with Crippen LogP contribution >= 0.6 is 34.8 Å². The van der Waals surface area contributed by atoms with Crippen LogP contribution in [0.25, 0.3) is 0 Å². The number of nitrogens with zero attached hydrogens (tertiary/aromatic N) is 2. The van der Waals surface area contributed by atoms with E-state index < -0.39 is 28.5 Å². The molecule has 0 spiro atoms. The largest absolute Gasteiger partial charge is 0.354 e. The molecule has 1 atom stereocenters. The smallest absolute Gasteiger partial charge is 0.264 e. The van der Waals surface area contributed by atoms with Crippen LogP contribution in [0.3, 0.4) is 0 Å². The monoisotopic (exact) mass is 609 g/mol. The summed E-state index contributed by atoms with van der Waals surface area (Å²) in [5.41, 5.74) is 1.56. The van der Waals surface area contributed by atoms with Crippen LogP contribution in [-0.4, -0.2) is 44.3 Å². The predicted molar refractivity (Wildman–Crippen MR) is 157 cm³/mol. The Balaban J connectivity index is 2.06.